The third kappa shape index (κ3) is 4.53. The second-order valence-electron chi connectivity index (χ2n) is 8.41. The van der Waals surface area contributed by atoms with Crippen molar-refractivity contribution in [3.63, 3.8) is 0 Å². The van der Waals surface area contributed by atoms with E-state index in [0.29, 0.717) is 6.42 Å². The summed E-state index contributed by atoms with van der Waals surface area (Å²) in [7, 11) is 0. The number of alkyl halides is 3. The molecule has 1 unspecified atom stereocenters. The first-order valence-corrected chi connectivity index (χ1v) is 10.4. The van der Waals surface area contributed by atoms with Gasteiger partial charge in [0.2, 0.25) is 5.91 Å². The Morgan fingerprint density at radius 1 is 1.10 bits per heavy atom. The molecule has 0 spiro atoms. The van der Waals surface area contributed by atoms with Gasteiger partial charge in [0.1, 0.15) is 0 Å². The molecular formula is C24H25F3N2O. The average molecular weight is 414 g/mol. The lowest BCUT2D eigenvalue weighted by molar-refractivity contribution is -0.137. The number of benzene rings is 2. The van der Waals surface area contributed by atoms with Crippen LogP contribution >= 0.6 is 0 Å². The van der Waals surface area contributed by atoms with Crippen molar-refractivity contribution in [2.75, 3.05) is 5.32 Å². The Morgan fingerprint density at radius 3 is 2.40 bits per heavy atom. The molecule has 1 amide bonds. The normalized spacial score (nSPS) is 15.7. The topological polar surface area (TPSA) is 44.9 Å². The summed E-state index contributed by atoms with van der Waals surface area (Å²) < 4.78 is 38.2. The maximum atomic E-state index is 12.7. The Hall–Kier alpha value is -2.76. The standard InChI is InChI=1S/C24H25F3N2O/c1-15(11-16-5-8-19(9-6-16)24(25,26)27)12-17-7-10-21-20(13-17)22(14-28-21)29-23(30)18-3-2-4-18/h5-10,13-15,18,28H,2-4,11-12H2,1H3,(H,29,30). The highest BCUT2D eigenvalue weighted by Gasteiger charge is 2.30. The summed E-state index contributed by atoms with van der Waals surface area (Å²) in [5.41, 5.74) is 3.19. The molecule has 1 heterocycles. The van der Waals surface area contributed by atoms with Crippen molar-refractivity contribution in [2.45, 2.75) is 45.2 Å². The second-order valence-corrected chi connectivity index (χ2v) is 8.41. The largest absolute Gasteiger partial charge is 0.416 e. The summed E-state index contributed by atoms with van der Waals surface area (Å²) in [4.78, 5) is 15.5. The number of aromatic nitrogens is 1. The van der Waals surface area contributed by atoms with E-state index in [0.717, 1.165) is 65.5 Å². The molecule has 3 aromatic rings. The van der Waals surface area contributed by atoms with E-state index >= 15 is 0 Å². The minimum Gasteiger partial charge on any atom is -0.359 e. The van der Waals surface area contributed by atoms with Crippen LogP contribution in [0.25, 0.3) is 10.9 Å². The van der Waals surface area contributed by atoms with Gasteiger partial charge in [-0.15, -0.1) is 0 Å². The zero-order valence-corrected chi connectivity index (χ0v) is 16.9. The highest BCUT2D eigenvalue weighted by atomic mass is 19.4. The van der Waals surface area contributed by atoms with Crippen molar-refractivity contribution in [3.05, 3.63) is 65.4 Å². The average Bonchev–Trinajstić information content (AvgIpc) is 3.02. The number of halogens is 3. The third-order valence-corrected chi connectivity index (χ3v) is 5.93. The molecule has 0 bridgehead atoms. The highest BCUT2D eigenvalue weighted by Crippen LogP contribution is 2.31. The van der Waals surface area contributed by atoms with Gasteiger partial charge in [-0.2, -0.15) is 13.2 Å². The second kappa shape index (κ2) is 8.17. The van der Waals surface area contributed by atoms with Crippen LogP contribution in [0.4, 0.5) is 18.9 Å². The van der Waals surface area contributed by atoms with E-state index in [-0.39, 0.29) is 17.7 Å². The molecule has 1 aliphatic rings. The lowest BCUT2D eigenvalue weighted by atomic mass is 9.85. The minimum absolute atomic E-state index is 0.0863. The number of anilines is 1. The number of hydrogen-bond acceptors (Lipinski definition) is 1. The maximum absolute atomic E-state index is 12.7. The summed E-state index contributed by atoms with van der Waals surface area (Å²) in [6.45, 7) is 2.10. The number of carbonyl (C=O) groups excluding carboxylic acids is 1. The van der Waals surface area contributed by atoms with Crippen LogP contribution in [0.1, 0.15) is 42.9 Å². The van der Waals surface area contributed by atoms with Gasteiger partial charge in [0.25, 0.3) is 0 Å². The van der Waals surface area contributed by atoms with E-state index in [1.165, 1.54) is 0 Å². The first-order chi connectivity index (χ1) is 14.3. The van der Waals surface area contributed by atoms with Gasteiger partial charge in [-0.3, -0.25) is 4.79 Å². The number of fused-ring (bicyclic) bond motifs is 1. The van der Waals surface area contributed by atoms with Gasteiger partial charge in [0, 0.05) is 23.0 Å². The molecule has 30 heavy (non-hydrogen) atoms. The highest BCUT2D eigenvalue weighted by molar-refractivity contribution is 6.02. The number of carbonyl (C=O) groups is 1. The van der Waals surface area contributed by atoms with Crippen LogP contribution in [0, 0.1) is 11.8 Å². The predicted molar refractivity (Wildman–Crippen MR) is 112 cm³/mol. The zero-order valence-electron chi connectivity index (χ0n) is 16.9. The van der Waals surface area contributed by atoms with Crippen molar-refractivity contribution < 1.29 is 18.0 Å². The summed E-state index contributed by atoms with van der Waals surface area (Å²) in [6, 6.07) is 11.6. The monoisotopic (exact) mass is 414 g/mol. The molecule has 2 N–H and O–H groups in total. The Bertz CT molecular complexity index is 1030. The molecule has 6 heteroatoms. The molecule has 1 fully saturated rings. The van der Waals surface area contributed by atoms with Gasteiger partial charge in [0.15, 0.2) is 0 Å². The van der Waals surface area contributed by atoms with E-state index in [1.54, 1.807) is 12.1 Å². The first kappa shape index (κ1) is 20.5. The van der Waals surface area contributed by atoms with Crippen molar-refractivity contribution in [2.24, 2.45) is 11.8 Å². The molecular weight excluding hydrogens is 389 g/mol. The molecule has 1 aromatic heterocycles. The van der Waals surface area contributed by atoms with Crippen molar-refractivity contribution in [1.82, 2.24) is 4.98 Å². The summed E-state index contributed by atoms with van der Waals surface area (Å²) in [6.07, 6.45) is 2.07. The van der Waals surface area contributed by atoms with Crippen LogP contribution in [0.15, 0.2) is 48.7 Å². The molecule has 1 saturated carbocycles. The number of H-pyrrole nitrogens is 1. The lowest BCUT2D eigenvalue weighted by Crippen LogP contribution is -2.27. The predicted octanol–water partition coefficient (Wildman–Crippen LogP) is 6.35. The lowest BCUT2D eigenvalue weighted by Gasteiger charge is -2.23. The van der Waals surface area contributed by atoms with E-state index in [2.05, 4.69) is 29.4 Å². The number of nitrogens with one attached hydrogen (secondary N) is 2. The van der Waals surface area contributed by atoms with Crippen molar-refractivity contribution >= 4 is 22.5 Å². The van der Waals surface area contributed by atoms with Crippen molar-refractivity contribution in [3.8, 4) is 0 Å². The Morgan fingerprint density at radius 2 is 1.77 bits per heavy atom. The number of rotatable bonds is 6. The molecule has 2 aromatic carbocycles. The third-order valence-electron chi connectivity index (χ3n) is 5.93. The van der Waals surface area contributed by atoms with Gasteiger partial charge in [0.05, 0.1) is 11.3 Å². The van der Waals surface area contributed by atoms with Gasteiger partial charge < -0.3 is 10.3 Å². The Balaban J connectivity index is 1.42. The molecule has 0 radical (unpaired) electrons. The number of amides is 1. The van der Waals surface area contributed by atoms with E-state index in [1.807, 2.05) is 12.3 Å². The molecule has 4 rings (SSSR count). The quantitative estimate of drug-likeness (QED) is 0.485. The molecule has 1 aliphatic carbocycles. The van der Waals surface area contributed by atoms with E-state index in [4.69, 9.17) is 0 Å². The number of aromatic amines is 1. The zero-order chi connectivity index (χ0) is 21.3. The fourth-order valence-corrected chi connectivity index (χ4v) is 4.01. The summed E-state index contributed by atoms with van der Waals surface area (Å²) in [5.74, 6) is 0.483. The minimum atomic E-state index is -4.30. The smallest absolute Gasteiger partial charge is 0.359 e. The molecule has 0 saturated heterocycles. The van der Waals surface area contributed by atoms with E-state index < -0.39 is 11.7 Å². The molecule has 1 atom stereocenters. The van der Waals surface area contributed by atoms with Crippen molar-refractivity contribution in [1.29, 1.82) is 0 Å². The SMILES string of the molecule is CC(Cc1ccc(C(F)(F)F)cc1)Cc1ccc2[nH]cc(NC(=O)C3CCC3)c2c1. The van der Waals surface area contributed by atoms with E-state index in [9.17, 15) is 18.0 Å². The van der Waals surface area contributed by atoms with Gasteiger partial charge in [-0.25, -0.2) is 0 Å². The van der Waals surface area contributed by atoms with Crippen LogP contribution in [-0.4, -0.2) is 10.9 Å². The van der Waals surface area contributed by atoms with Gasteiger partial charge >= 0.3 is 6.18 Å². The van der Waals surface area contributed by atoms with Crippen LogP contribution < -0.4 is 5.32 Å². The van der Waals surface area contributed by atoms with Gasteiger partial charge in [-0.1, -0.05) is 31.5 Å². The summed E-state index contributed by atoms with van der Waals surface area (Å²) in [5, 5.41) is 4.03. The summed E-state index contributed by atoms with van der Waals surface area (Å²) >= 11 is 0. The Kier molecular flexibility index (Phi) is 5.58. The van der Waals surface area contributed by atoms with Crippen LogP contribution in [0.2, 0.25) is 0 Å². The first-order valence-electron chi connectivity index (χ1n) is 10.4. The fraction of sp³-hybridized carbons (Fsp3) is 0.375. The number of hydrogen-bond donors (Lipinski definition) is 2. The Labute approximate surface area is 173 Å². The maximum Gasteiger partial charge on any atom is 0.416 e. The molecule has 158 valence electrons. The fourth-order valence-electron chi connectivity index (χ4n) is 4.01. The van der Waals surface area contributed by atoms with Gasteiger partial charge in [-0.05, 0) is 67.0 Å². The molecule has 0 aliphatic heterocycles. The van der Waals surface area contributed by atoms with Crippen LogP contribution in [0.5, 0.6) is 0 Å². The van der Waals surface area contributed by atoms with Crippen LogP contribution in [0.3, 0.4) is 0 Å². The molecule has 3 nitrogen and oxygen atoms in total. The van der Waals surface area contributed by atoms with Crippen LogP contribution in [-0.2, 0) is 23.8 Å².